The third kappa shape index (κ3) is 5.98. The zero-order chi connectivity index (χ0) is 27.4. The first-order valence-corrected chi connectivity index (χ1v) is 12.5. The number of carbonyl (C=O) groups excluding carboxylic acids is 2. The molecule has 2 aromatic rings. The number of hydrogen-bond donors (Lipinski definition) is 3. The van der Waals surface area contributed by atoms with Crippen molar-refractivity contribution >= 4 is 28.7 Å². The molecule has 0 spiro atoms. The van der Waals surface area contributed by atoms with E-state index in [-0.39, 0.29) is 23.3 Å². The summed E-state index contributed by atoms with van der Waals surface area (Å²) < 4.78 is 2.06. The Morgan fingerprint density at radius 2 is 1.81 bits per heavy atom. The molecule has 2 rings (SSSR count). The molecule has 0 saturated heterocycles. The minimum absolute atomic E-state index is 0.00295. The lowest BCUT2D eigenvalue weighted by molar-refractivity contribution is -0.138. The van der Waals surface area contributed by atoms with Gasteiger partial charge in [-0.05, 0) is 37.9 Å². The van der Waals surface area contributed by atoms with E-state index in [2.05, 4.69) is 33.5 Å². The number of para-hydroxylation sites is 1. The Balaban J connectivity index is 2.31. The van der Waals surface area contributed by atoms with Crippen molar-refractivity contribution in [3.63, 3.8) is 0 Å². The van der Waals surface area contributed by atoms with Gasteiger partial charge in [0.2, 0.25) is 11.8 Å². The Bertz CT molecular complexity index is 1130. The summed E-state index contributed by atoms with van der Waals surface area (Å²) in [6.07, 6.45) is 4.06. The minimum atomic E-state index is -1.02. The highest BCUT2D eigenvalue weighted by Crippen LogP contribution is 2.34. The summed E-state index contributed by atoms with van der Waals surface area (Å²) in [7, 11) is 5.40. The first kappa shape index (κ1) is 29.1. The smallest absolute Gasteiger partial charge is 0.331 e. The second-order valence-corrected chi connectivity index (χ2v) is 10.4. The maximum atomic E-state index is 13.6. The fourth-order valence-corrected chi connectivity index (χ4v) is 4.90. The molecule has 0 radical (unpaired) electrons. The minimum Gasteiger partial charge on any atom is -0.478 e. The standard InChI is InChI=1S/C28H42N4O4/c1-10-21(26(34)32(9)23(17(2)3)15-18(4)27(35)36)30-25(33)24(29-7)28(5,6)20-16-31(8)22-14-12-11-13-19(20)22/h11-17,21,23-24,29H,10H2,1-9H3,(H,30,33)(H,35,36)/t21-,23+,24+/m0/s1. The van der Waals surface area contributed by atoms with Crippen LogP contribution in [0.2, 0.25) is 0 Å². The monoisotopic (exact) mass is 498 g/mol. The van der Waals surface area contributed by atoms with E-state index in [1.54, 1.807) is 20.2 Å². The normalized spacial score (nSPS) is 15.0. The number of nitrogens with zero attached hydrogens (tertiary/aromatic N) is 2. The van der Waals surface area contributed by atoms with Gasteiger partial charge in [-0.1, -0.05) is 58.9 Å². The van der Waals surface area contributed by atoms with Crippen LogP contribution in [0.15, 0.2) is 42.1 Å². The molecule has 8 heteroatoms. The number of rotatable bonds is 11. The molecule has 8 nitrogen and oxygen atoms in total. The van der Waals surface area contributed by atoms with Crippen molar-refractivity contribution in [3.8, 4) is 0 Å². The first-order chi connectivity index (χ1) is 16.8. The second-order valence-electron chi connectivity index (χ2n) is 10.4. The van der Waals surface area contributed by atoms with Crippen LogP contribution >= 0.6 is 0 Å². The van der Waals surface area contributed by atoms with Crippen LogP contribution in [0.5, 0.6) is 0 Å². The zero-order valence-corrected chi connectivity index (χ0v) is 23.0. The van der Waals surface area contributed by atoms with Gasteiger partial charge in [0.25, 0.3) is 0 Å². The average Bonchev–Trinajstić information content (AvgIpc) is 3.17. The maximum Gasteiger partial charge on any atom is 0.331 e. The van der Waals surface area contributed by atoms with Crippen molar-refractivity contribution in [3.05, 3.63) is 47.7 Å². The lowest BCUT2D eigenvalue weighted by atomic mass is 9.77. The number of nitrogens with one attached hydrogen (secondary N) is 2. The average molecular weight is 499 g/mol. The van der Waals surface area contributed by atoms with Gasteiger partial charge in [0.05, 0.1) is 12.1 Å². The van der Waals surface area contributed by atoms with E-state index in [0.29, 0.717) is 6.42 Å². The maximum absolute atomic E-state index is 13.6. The Morgan fingerprint density at radius 3 is 2.33 bits per heavy atom. The van der Waals surface area contributed by atoms with Gasteiger partial charge < -0.3 is 25.2 Å². The van der Waals surface area contributed by atoms with Gasteiger partial charge in [0.1, 0.15) is 6.04 Å². The summed E-state index contributed by atoms with van der Waals surface area (Å²) in [5.74, 6) is -1.54. The van der Waals surface area contributed by atoms with Crippen molar-refractivity contribution < 1.29 is 19.5 Å². The Kier molecular flexibility index (Phi) is 9.49. The molecule has 3 atom stereocenters. The molecular weight excluding hydrogens is 456 g/mol. The number of carbonyl (C=O) groups is 3. The Labute approximate surface area is 214 Å². The molecule has 0 saturated carbocycles. The molecule has 0 aliphatic carbocycles. The van der Waals surface area contributed by atoms with E-state index < -0.39 is 29.5 Å². The lowest BCUT2D eigenvalue weighted by Crippen LogP contribution is -2.58. The van der Waals surface area contributed by atoms with E-state index in [1.165, 1.54) is 11.8 Å². The summed E-state index contributed by atoms with van der Waals surface area (Å²) >= 11 is 0. The van der Waals surface area contributed by atoms with Gasteiger partial charge in [-0.3, -0.25) is 9.59 Å². The number of aliphatic carboxylic acids is 1. The summed E-state index contributed by atoms with van der Waals surface area (Å²) in [6, 6.07) is 6.36. The van der Waals surface area contributed by atoms with Gasteiger partial charge in [-0.15, -0.1) is 0 Å². The number of likely N-dealkylation sites (N-methyl/N-ethyl adjacent to an activating group) is 2. The van der Waals surface area contributed by atoms with Gasteiger partial charge in [-0.2, -0.15) is 0 Å². The molecule has 198 valence electrons. The number of hydrogen-bond acceptors (Lipinski definition) is 4. The van der Waals surface area contributed by atoms with Crippen LogP contribution in [-0.2, 0) is 26.8 Å². The number of fused-ring (bicyclic) bond motifs is 1. The molecule has 0 aliphatic heterocycles. The van der Waals surface area contributed by atoms with Crippen molar-refractivity contribution in [1.82, 2.24) is 20.1 Å². The van der Waals surface area contributed by atoms with E-state index >= 15 is 0 Å². The fraction of sp³-hybridized carbons (Fsp3) is 0.536. The van der Waals surface area contributed by atoms with Gasteiger partial charge >= 0.3 is 5.97 Å². The quantitative estimate of drug-likeness (QED) is 0.412. The number of aryl methyl sites for hydroxylation is 1. The molecule has 0 aliphatic rings. The van der Waals surface area contributed by atoms with Crippen LogP contribution in [0.1, 0.15) is 53.5 Å². The van der Waals surface area contributed by atoms with Crippen LogP contribution in [0.4, 0.5) is 0 Å². The van der Waals surface area contributed by atoms with E-state index in [1.807, 2.05) is 53.8 Å². The molecule has 0 fully saturated rings. The summed E-state index contributed by atoms with van der Waals surface area (Å²) in [5.41, 5.74) is 1.73. The molecule has 0 bridgehead atoms. The predicted octanol–water partition coefficient (Wildman–Crippen LogP) is 3.45. The van der Waals surface area contributed by atoms with Crippen LogP contribution in [0.25, 0.3) is 10.9 Å². The van der Waals surface area contributed by atoms with Crippen LogP contribution in [0, 0.1) is 5.92 Å². The predicted molar refractivity (Wildman–Crippen MR) is 144 cm³/mol. The van der Waals surface area contributed by atoms with Gasteiger partial charge in [0.15, 0.2) is 0 Å². The molecular formula is C28H42N4O4. The van der Waals surface area contributed by atoms with Gasteiger partial charge in [-0.25, -0.2) is 4.79 Å². The van der Waals surface area contributed by atoms with Gasteiger partial charge in [0, 0.05) is 42.2 Å². The third-order valence-electron chi connectivity index (χ3n) is 7.12. The Morgan fingerprint density at radius 1 is 1.19 bits per heavy atom. The molecule has 3 N–H and O–H groups in total. The molecule has 1 aromatic heterocycles. The SMILES string of the molecule is CC[C@H](NC(=O)[C@@H](NC)C(C)(C)c1cn(C)c2ccccc12)C(=O)N(C)[C@H](C=C(C)C(=O)O)C(C)C. The molecule has 36 heavy (non-hydrogen) atoms. The van der Waals surface area contributed by atoms with Crippen LogP contribution < -0.4 is 10.6 Å². The zero-order valence-electron chi connectivity index (χ0n) is 23.0. The molecule has 0 unspecified atom stereocenters. The number of carboxylic acids is 1. The summed E-state index contributed by atoms with van der Waals surface area (Å²) in [5, 5.41) is 16.5. The fourth-order valence-electron chi connectivity index (χ4n) is 4.90. The first-order valence-electron chi connectivity index (χ1n) is 12.5. The largest absolute Gasteiger partial charge is 0.478 e. The summed E-state index contributed by atoms with van der Waals surface area (Å²) in [6.45, 7) is 11.3. The topological polar surface area (TPSA) is 104 Å². The number of amides is 2. The highest BCUT2D eigenvalue weighted by Gasteiger charge is 2.39. The van der Waals surface area contributed by atoms with E-state index in [4.69, 9.17) is 0 Å². The number of carboxylic acid groups (broad SMARTS) is 1. The summed E-state index contributed by atoms with van der Waals surface area (Å²) in [4.78, 5) is 39.9. The van der Waals surface area contributed by atoms with Crippen molar-refractivity contribution in [2.75, 3.05) is 14.1 Å². The van der Waals surface area contributed by atoms with Crippen molar-refractivity contribution in [2.24, 2.45) is 13.0 Å². The van der Waals surface area contributed by atoms with Crippen LogP contribution in [-0.4, -0.2) is 64.6 Å². The van der Waals surface area contributed by atoms with Crippen molar-refractivity contribution in [1.29, 1.82) is 0 Å². The molecule has 2 amide bonds. The highest BCUT2D eigenvalue weighted by molar-refractivity contribution is 5.92. The van der Waals surface area contributed by atoms with Crippen LogP contribution in [0.3, 0.4) is 0 Å². The van der Waals surface area contributed by atoms with Crippen molar-refractivity contribution in [2.45, 2.75) is 71.5 Å². The number of benzene rings is 1. The molecule has 1 heterocycles. The second kappa shape index (κ2) is 11.7. The van der Waals surface area contributed by atoms with E-state index in [9.17, 15) is 19.5 Å². The third-order valence-corrected chi connectivity index (χ3v) is 7.12. The lowest BCUT2D eigenvalue weighted by Gasteiger charge is -2.36. The highest BCUT2D eigenvalue weighted by atomic mass is 16.4. The van der Waals surface area contributed by atoms with E-state index in [0.717, 1.165) is 16.5 Å². The molecule has 1 aromatic carbocycles. The Hall–Kier alpha value is -3.13. The number of aromatic nitrogens is 1.